The molecule has 0 spiro atoms. The minimum Gasteiger partial charge on any atom is -0.497 e. The van der Waals surface area contributed by atoms with Crippen LogP contribution >= 0.6 is 0 Å². The first-order chi connectivity index (χ1) is 11.8. The average Bonchev–Trinajstić information content (AvgIpc) is 3.07. The van der Waals surface area contributed by atoms with E-state index >= 15 is 0 Å². The summed E-state index contributed by atoms with van der Waals surface area (Å²) in [6.45, 7) is 0. The van der Waals surface area contributed by atoms with Crippen molar-refractivity contribution in [1.82, 2.24) is 19.9 Å². The zero-order valence-electron chi connectivity index (χ0n) is 13.0. The highest BCUT2D eigenvalue weighted by Gasteiger charge is 2.09. The Balaban J connectivity index is 1.66. The number of pyridine rings is 1. The molecule has 0 fully saturated rings. The number of benzene rings is 1. The summed E-state index contributed by atoms with van der Waals surface area (Å²) in [4.78, 5) is 16.4. The fourth-order valence-corrected chi connectivity index (χ4v) is 2.54. The molecule has 0 bridgehead atoms. The summed E-state index contributed by atoms with van der Waals surface area (Å²) < 4.78 is 5.16. The number of nitrogens with zero attached hydrogens (tertiary/aromatic N) is 3. The summed E-state index contributed by atoms with van der Waals surface area (Å²) in [5, 5.41) is 4.24. The second-order valence-electron chi connectivity index (χ2n) is 5.22. The van der Waals surface area contributed by atoms with Gasteiger partial charge in [-0.15, -0.1) is 0 Å². The van der Waals surface area contributed by atoms with Gasteiger partial charge in [0.2, 0.25) is 5.95 Å². The molecular formula is C18H15N5O. The number of aromatic nitrogens is 4. The van der Waals surface area contributed by atoms with Crippen LogP contribution in [0.1, 0.15) is 0 Å². The summed E-state index contributed by atoms with van der Waals surface area (Å²) in [5.74, 6) is 1.34. The Labute approximate surface area is 138 Å². The molecule has 6 heteroatoms. The summed E-state index contributed by atoms with van der Waals surface area (Å²) in [6.07, 6.45) is 5.42. The third kappa shape index (κ3) is 2.65. The Hall–Kier alpha value is -3.41. The number of nitrogens with one attached hydrogen (secondary N) is 2. The van der Waals surface area contributed by atoms with Crippen molar-refractivity contribution in [2.24, 2.45) is 0 Å². The largest absolute Gasteiger partial charge is 0.497 e. The fraction of sp³-hybridized carbons (Fsp3) is 0.0556. The molecule has 4 rings (SSSR count). The topological polar surface area (TPSA) is 75.7 Å². The first-order valence-electron chi connectivity index (χ1n) is 7.50. The smallest absolute Gasteiger partial charge is 0.227 e. The Bertz CT molecular complexity index is 978. The minimum atomic E-state index is 0.538. The number of anilines is 2. The van der Waals surface area contributed by atoms with E-state index in [9.17, 15) is 0 Å². The second-order valence-corrected chi connectivity index (χ2v) is 5.22. The fourth-order valence-electron chi connectivity index (χ4n) is 2.54. The molecule has 6 nitrogen and oxygen atoms in total. The lowest BCUT2D eigenvalue weighted by atomic mass is 10.1. The van der Waals surface area contributed by atoms with Crippen LogP contribution in [-0.2, 0) is 0 Å². The van der Waals surface area contributed by atoms with Crippen molar-refractivity contribution in [3.8, 4) is 17.0 Å². The molecule has 2 N–H and O–H groups in total. The van der Waals surface area contributed by atoms with E-state index in [-0.39, 0.29) is 0 Å². The summed E-state index contributed by atoms with van der Waals surface area (Å²) in [7, 11) is 1.64. The molecule has 24 heavy (non-hydrogen) atoms. The lowest BCUT2D eigenvalue weighted by Gasteiger charge is -2.07. The van der Waals surface area contributed by atoms with E-state index < -0.39 is 0 Å². The molecule has 118 valence electrons. The van der Waals surface area contributed by atoms with Gasteiger partial charge in [0.1, 0.15) is 11.4 Å². The molecule has 4 aromatic rings. The molecule has 0 radical (unpaired) electrons. The van der Waals surface area contributed by atoms with Gasteiger partial charge in [-0.25, -0.2) is 15.0 Å². The zero-order valence-corrected chi connectivity index (χ0v) is 13.0. The van der Waals surface area contributed by atoms with Gasteiger partial charge in [-0.05, 0) is 42.5 Å². The average molecular weight is 317 g/mol. The number of H-pyrrole nitrogens is 1. The van der Waals surface area contributed by atoms with E-state index in [0.717, 1.165) is 33.7 Å². The molecule has 0 saturated heterocycles. The molecule has 1 aromatic carbocycles. The van der Waals surface area contributed by atoms with Crippen molar-refractivity contribution < 1.29 is 4.74 Å². The van der Waals surface area contributed by atoms with Crippen LogP contribution in [0.4, 0.5) is 11.6 Å². The Morgan fingerprint density at radius 2 is 1.88 bits per heavy atom. The van der Waals surface area contributed by atoms with Crippen molar-refractivity contribution >= 4 is 22.7 Å². The standard InChI is InChI=1S/C18H15N5O/c1-24-13-6-4-12(5-7-13)22-18-20-10-8-16(23-18)15-11-21-17-14(15)3-2-9-19-17/h2-11H,1H3,(H,19,21)(H,20,22,23). The first kappa shape index (κ1) is 14.2. The van der Waals surface area contributed by atoms with Gasteiger partial charge < -0.3 is 15.0 Å². The van der Waals surface area contributed by atoms with Gasteiger partial charge in [-0.3, -0.25) is 0 Å². The van der Waals surface area contributed by atoms with Crippen LogP contribution in [0.5, 0.6) is 5.75 Å². The number of hydrogen-bond acceptors (Lipinski definition) is 5. The highest BCUT2D eigenvalue weighted by molar-refractivity contribution is 5.92. The molecule has 3 aromatic heterocycles. The third-order valence-corrected chi connectivity index (χ3v) is 3.73. The monoisotopic (exact) mass is 317 g/mol. The van der Waals surface area contributed by atoms with E-state index in [1.807, 2.05) is 48.7 Å². The Morgan fingerprint density at radius 1 is 1.00 bits per heavy atom. The number of hydrogen-bond donors (Lipinski definition) is 2. The van der Waals surface area contributed by atoms with Gasteiger partial charge in [0.15, 0.2) is 0 Å². The Morgan fingerprint density at radius 3 is 2.71 bits per heavy atom. The predicted octanol–water partition coefficient (Wildman–Crippen LogP) is 3.77. The Kier molecular flexibility index (Phi) is 3.55. The highest BCUT2D eigenvalue weighted by Crippen LogP contribution is 2.26. The normalized spacial score (nSPS) is 10.7. The van der Waals surface area contributed by atoms with E-state index in [1.165, 1.54) is 0 Å². The zero-order chi connectivity index (χ0) is 16.4. The van der Waals surface area contributed by atoms with Crippen LogP contribution < -0.4 is 10.1 Å². The molecule has 0 saturated carbocycles. The maximum absolute atomic E-state index is 5.16. The van der Waals surface area contributed by atoms with E-state index in [4.69, 9.17) is 4.74 Å². The molecule has 0 aliphatic heterocycles. The highest BCUT2D eigenvalue weighted by atomic mass is 16.5. The number of aromatic amines is 1. The maximum atomic E-state index is 5.16. The van der Waals surface area contributed by atoms with Crippen LogP contribution in [0, 0.1) is 0 Å². The number of methoxy groups -OCH3 is 1. The SMILES string of the molecule is COc1ccc(Nc2nccc(-c3c[nH]c4ncccc34)n2)cc1. The summed E-state index contributed by atoms with van der Waals surface area (Å²) >= 11 is 0. The predicted molar refractivity (Wildman–Crippen MR) is 93.4 cm³/mol. The van der Waals surface area contributed by atoms with Crippen LogP contribution in [0.3, 0.4) is 0 Å². The molecular weight excluding hydrogens is 302 g/mol. The van der Waals surface area contributed by atoms with Gasteiger partial charge in [-0.2, -0.15) is 0 Å². The molecule has 0 aliphatic rings. The molecule has 0 amide bonds. The quantitative estimate of drug-likeness (QED) is 0.599. The van der Waals surface area contributed by atoms with E-state index in [0.29, 0.717) is 5.95 Å². The summed E-state index contributed by atoms with van der Waals surface area (Å²) in [6, 6.07) is 13.4. The van der Waals surface area contributed by atoms with Crippen molar-refractivity contribution in [2.75, 3.05) is 12.4 Å². The van der Waals surface area contributed by atoms with Crippen LogP contribution in [0.2, 0.25) is 0 Å². The first-order valence-corrected chi connectivity index (χ1v) is 7.50. The molecule has 0 atom stereocenters. The number of fused-ring (bicyclic) bond motifs is 1. The maximum Gasteiger partial charge on any atom is 0.227 e. The van der Waals surface area contributed by atoms with E-state index in [2.05, 4.69) is 25.3 Å². The molecule has 0 unspecified atom stereocenters. The molecule has 0 aliphatic carbocycles. The molecule has 3 heterocycles. The van der Waals surface area contributed by atoms with Gasteiger partial charge in [-0.1, -0.05) is 0 Å². The lowest BCUT2D eigenvalue weighted by Crippen LogP contribution is -1.97. The van der Waals surface area contributed by atoms with Gasteiger partial charge >= 0.3 is 0 Å². The number of ether oxygens (including phenoxy) is 1. The number of rotatable bonds is 4. The van der Waals surface area contributed by atoms with Gasteiger partial charge in [0.05, 0.1) is 12.8 Å². The van der Waals surface area contributed by atoms with Crippen molar-refractivity contribution in [3.63, 3.8) is 0 Å². The minimum absolute atomic E-state index is 0.538. The van der Waals surface area contributed by atoms with Gasteiger partial charge in [0.25, 0.3) is 0 Å². The van der Waals surface area contributed by atoms with Crippen molar-refractivity contribution in [3.05, 3.63) is 61.1 Å². The lowest BCUT2D eigenvalue weighted by molar-refractivity contribution is 0.415. The van der Waals surface area contributed by atoms with Crippen molar-refractivity contribution in [2.45, 2.75) is 0 Å². The summed E-state index contributed by atoms with van der Waals surface area (Å²) in [5.41, 5.74) is 3.57. The van der Waals surface area contributed by atoms with Crippen LogP contribution in [0.15, 0.2) is 61.1 Å². The van der Waals surface area contributed by atoms with Crippen LogP contribution in [0.25, 0.3) is 22.3 Å². The van der Waals surface area contributed by atoms with Crippen LogP contribution in [-0.4, -0.2) is 27.0 Å². The van der Waals surface area contributed by atoms with Gasteiger partial charge in [0, 0.05) is 35.2 Å². The second kappa shape index (κ2) is 6.00. The third-order valence-electron chi connectivity index (χ3n) is 3.73. The van der Waals surface area contributed by atoms with Crippen molar-refractivity contribution in [1.29, 1.82) is 0 Å². The van der Waals surface area contributed by atoms with E-state index in [1.54, 1.807) is 19.5 Å².